The van der Waals surface area contributed by atoms with Crippen molar-refractivity contribution in [1.82, 2.24) is 10.5 Å². The maximum absolute atomic E-state index is 11.0. The van der Waals surface area contributed by atoms with Gasteiger partial charge in [0.1, 0.15) is 6.61 Å². The molecule has 0 saturated carbocycles. The predicted octanol–water partition coefficient (Wildman–Crippen LogP) is 0.209. The first-order chi connectivity index (χ1) is 7.72. The van der Waals surface area contributed by atoms with Crippen LogP contribution in [0.3, 0.4) is 0 Å². The molecule has 1 saturated heterocycles. The van der Waals surface area contributed by atoms with Crippen molar-refractivity contribution in [3.63, 3.8) is 0 Å². The highest BCUT2D eigenvalue weighted by Crippen LogP contribution is 2.28. The highest BCUT2D eigenvalue weighted by Gasteiger charge is 2.35. The Bertz CT molecular complexity index is 377. The molecule has 1 fully saturated rings. The van der Waals surface area contributed by atoms with Crippen LogP contribution in [0.4, 0.5) is 0 Å². The van der Waals surface area contributed by atoms with Gasteiger partial charge in [0.15, 0.2) is 5.76 Å². The second-order valence-corrected chi connectivity index (χ2v) is 3.86. The van der Waals surface area contributed by atoms with Gasteiger partial charge in [-0.25, -0.2) is 0 Å². The number of aromatic nitrogens is 1. The zero-order chi connectivity index (χ0) is 11.5. The molecule has 2 unspecified atom stereocenters. The van der Waals surface area contributed by atoms with Crippen LogP contribution in [0, 0.1) is 5.92 Å². The van der Waals surface area contributed by atoms with E-state index in [4.69, 9.17) is 14.4 Å². The summed E-state index contributed by atoms with van der Waals surface area (Å²) in [5.74, 6) is -0.729. The molecule has 0 aromatic carbocycles. The van der Waals surface area contributed by atoms with Crippen molar-refractivity contribution in [2.24, 2.45) is 5.92 Å². The lowest BCUT2D eigenvalue weighted by Crippen LogP contribution is -2.21. The van der Waals surface area contributed by atoms with Gasteiger partial charge in [-0.05, 0) is 0 Å². The molecule has 2 rings (SSSR count). The first kappa shape index (κ1) is 11.1. The number of nitrogens with zero attached hydrogens (tertiary/aromatic N) is 1. The van der Waals surface area contributed by atoms with E-state index >= 15 is 0 Å². The topological polar surface area (TPSA) is 84.6 Å². The monoisotopic (exact) mass is 226 g/mol. The number of nitrogens with one attached hydrogen (secondary N) is 1. The molecule has 0 radical (unpaired) electrons. The molecule has 16 heavy (non-hydrogen) atoms. The average molecular weight is 226 g/mol. The van der Waals surface area contributed by atoms with Gasteiger partial charge in [0.05, 0.1) is 11.6 Å². The number of aliphatic carboxylic acids is 1. The Labute approximate surface area is 92.6 Å². The summed E-state index contributed by atoms with van der Waals surface area (Å²) >= 11 is 0. The summed E-state index contributed by atoms with van der Waals surface area (Å²) in [5, 5.41) is 16.0. The molecule has 1 aromatic rings. The third kappa shape index (κ3) is 2.07. The van der Waals surface area contributed by atoms with Crippen molar-refractivity contribution in [1.29, 1.82) is 0 Å². The standard InChI is InChI=1S/C10H14N2O4/c1-15-5-6-2-9(12-16-6)7-3-11-4-8(7)10(13)14/h2,7-8,11H,3-5H2,1H3,(H,13,14). The molecule has 2 N–H and O–H groups in total. The Balaban J connectivity index is 2.13. The highest BCUT2D eigenvalue weighted by molar-refractivity contribution is 5.72. The minimum atomic E-state index is -0.800. The van der Waals surface area contributed by atoms with E-state index in [1.165, 1.54) is 0 Å². The number of carboxylic acid groups (broad SMARTS) is 1. The first-order valence-electron chi connectivity index (χ1n) is 5.10. The van der Waals surface area contributed by atoms with Gasteiger partial charge in [0.2, 0.25) is 0 Å². The number of hydrogen-bond acceptors (Lipinski definition) is 5. The average Bonchev–Trinajstić information content (AvgIpc) is 2.83. The van der Waals surface area contributed by atoms with Crippen LogP contribution in [0.1, 0.15) is 17.4 Å². The number of ether oxygens (including phenoxy) is 1. The van der Waals surface area contributed by atoms with E-state index in [9.17, 15) is 4.79 Å². The van der Waals surface area contributed by atoms with Crippen molar-refractivity contribution in [2.75, 3.05) is 20.2 Å². The molecule has 6 nitrogen and oxygen atoms in total. The smallest absolute Gasteiger partial charge is 0.308 e. The second kappa shape index (κ2) is 4.63. The van der Waals surface area contributed by atoms with Crippen molar-refractivity contribution in [3.05, 3.63) is 17.5 Å². The molecule has 0 bridgehead atoms. The fourth-order valence-electron chi connectivity index (χ4n) is 1.96. The SMILES string of the molecule is COCc1cc(C2CNCC2C(=O)O)no1. The van der Waals surface area contributed by atoms with Gasteiger partial charge in [-0.3, -0.25) is 4.79 Å². The number of methoxy groups -OCH3 is 1. The number of carboxylic acids is 1. The summed E-state index contributed by atoms with van der Waals surface area (Å²) in [6.45, 7) is 1.45. The van der Waals surface area contributed by atoms with Crippen LogP contribution >= 0.6 is 0 Å². The molecule has 1 aliphatic heterocycles. The quantitative estimate of drug-likeness (QED) is 0.763. The Morgan fingerprint density at radius 1 is 1.75 bits per heavy atom. The fourth-order valence-corrected chi connectivity index (χ4v) is 1.96. The lowest BCUT2D eigenvalue weighted by molar-refractivity contribution is -0.141. The van der Waals surface area contributed by atoms with Gasteiger partial charge in [-0.1, -0.05) is 5.16 Å². The van der Waals surface area contributed by atoms with Crippen LogP contribution in [0.25, 0.3) is 0 Å². The Hall–Kier alpha value is -1.40. The third-order valence-corrected chi connectivity index (χ3v) is 2.78. The number of rotatable bonds is 4. The van der Waals surface area contributed by atoms with E-state index < -0.39 is 11.9 Å². The van der Waals surface area contributed by atoms with Crippen LogP contribution in [-0.4, -0.2) is 36.4 Å². The number of hydrogen-bond donors (Lipinski definition) is 2. The van der Waals surface area contributed by atoms with Gasteiger partial charge in [-0.15, -0.1) is 0 Å². The van der Waals surface area contributed by atoms with E-state index in [0.717, 1.165) is 0 Å². The molecule has 6 heteroatoms. The van der Waals surface area contributed by atoms with Gasteiger partial charge >= 0.3 is 5.97 Å². The first-order valence-corrected chi connectivity index (χ1v) is 5.10. The molecule has 2 heterocycles. The summed E-state index contributed by atoms with van der Waals surface area (Å²) in [7, 11) is 1.57. The van der Waals surface area contributed by atoms with E-state index in [0.29, 0.717) is 31.2 Å². The van der Waals surface area contributed by atoms with E-state index in [1.807, 2.05) is 0 Å². The molecule has 2 atom stereocenters. The molecular weight excluding hydrogens is 212 g/mol. The highest BCUT2D eigenvalue weighted by atomic mass is 16.5. The van der Waals surface area contributed by atoms with Crippen LogP contribution in [-0.2, 0) is 16.1 Å². The Morgan fingerprint density at radius 2 is 2.56 bits per heavy atom. The van der Waals surface area contributed by atoms with Crippen LogP contribution in [0.5, 0.6) is 0 Å². The molecule has 0 amide bonds. The fraction of sp³-hybridized carbons (Fsp3) is 0.600. The van der Waals surface area contributed by atoms with E-state index in [1.54, 1.807) is 13.2 Å². The molecule has 1 aromatic heterocycles. The molecule has 0 aliphatic carbocycles. The zero-order valence-electron chi connectivity index (χ0n) is 8.97. The van der Waals surface area contributed by atoms with E-state index in [2.05, 4.69) is 10.5 Å². The van der Waals surface area contributed by atoms with Gasteiger partial charge in [-0.2, -0.15) is 0 Å². The summed E-state index contributed by atoms with van der Waals surface area (Å²) in [6, 6.07) is 1.76. The van der Waals surface area contributed by atoms with Crippen molar-refractivity contribution >= 4 is 5.97 Å². The third-order valence-electron chi connectivity index (χ3n) is 2.78. The maximum atomic E-state index is 11.0. The normalized spacial score (nSPS) is 24.8. The minimum Gasteiger partial charge on any atom is -0.481 e. The van der Waals surface area contributed by atoms with E-state index in [-0.39, 0.29) is 5.92 Å². The van der Waals surface area contributed by atoms with Gasteiger partial charge < -0.3 is 19.7 Å². The lowest BCUT2D eigenvalue weighted by atomic mass is 9.93. The molecule has 0 spiro atoms. The van der Waals surface area contributed by atoms with Crippen molar-refractivity contribution < 1.29 is 19.2 Å². The zero-order valence-corrected chi connectivity index (χ0v) is 8.97. The largest absolute Gasteiger partial charge is 0.481 e. The summed E-state index contributed by atoms with van der Waals surface area (Å²) in [4.78, 5) is 11.0. The Kier molecular flexibility index (Phi) is 3.21. The van der Waals surface area contributed by atoms with Gasteiger partial charge in [0, 0.05) is 32.2 Å². The van der Waals surface area contributed by atoms with Crippen molar-refractivity contribution in [2.45, 2.75) is 12.5 Å². The molecular formula is C10H14N2O4. The molecule has 88 valence electrons. The van der Waals surface area contributed by atoms with Crippen molar-refractivity contribution in [3.8, 4) is 0 Å². The minimum absolute atomic E-state index is 0.119. The second-order valence-electron chi connectivity index (χ2n) is 3.86. The van der Waals surface area contributed by atoms with Gasteiger partial charge in [0.25, 0.3) is 0 Å². The maximum Gasteiger partial charge on any atom is 0.308 e. The summed E-state index contributed by atoms with van der Waals surface area (Å²) in [6.07, 6.45) is 0. The predicted molar refractivity (Wildman–Crippen MR) is 54.0 cm³/mol. The van der Waals surface area contributed by atoms with Crippen LogP contribution in [0.2, 0.25) is 0 Å². The summed E-state index contributed by atoms with van der Waals surface area (Å²) < 4.78 is 9.96. The number of carbonyl (C=O) groups is 1. The van der Waals surface area contributed by atoms with Crippen LogP contribution < -0.4 is 5.32 Å². The van der Waals surface area contributed by atoms with Crippen LogP contribution in [0.15, 0.2) is 10.6 Å². The molecule has 1 aliphatic rings. The summed E-state index contributed by atoms with van der Waals surface area (Å²) in [5.41, 5.74) is 0.685. The lowest BCUT2D eigenvalue weighted by Gasteiger charge is -2.10. The Morgan fingerprint density at radius 3 is 3.25 bits per heavy atom.